The van der Waals surface area contributed by atoms with Crippen molar-refractivity contribution < 1.29 is 5.11 Å². The van der Waals surface area contributed by atoms with Gasteiger partial charge in [-0.15, -0.1) is 0 Å². The van der Waals surface area contributed by atoms with Crippen molar-refractivity contribution in [3.8, 4) is 0 Å². The minimum absolute atomic E-state index is 0.0229. The summed E-state index contributed by atoms with van der Waals surface area (Å²) in [5.41, 5.74) is 4.53. The van der Waals surface area contributed by atoms with Crippen molar-refractivity contribution in [1.29, 1.82) is 0 Å². The molecule has 0 spiro atoms. The Kier molecular flexibility index (Phi) is 6.18. The maximum absolute atomic E-state index is 9.31. The molecular formula is C23H24N2O. The molecule has 0 atom stereocenters. The third-order valence-electron chi connectivity index (χ3n) is 4.25. The van der Waals surface area contributed by atoms with Gasteiger partial charge in [-0.1, -0.05) is 78.4 Å². The van der Waals surface area contributed by atoms with Crippen LogP contribution < -0.4 is 5.32 Å². The van der Waals surface area contributed by atoms with Crippen LogP contribution >= 0.6 is 0 Å². The number of aryl methyl sites for hydroxylation is 1. The number of rotatable bonds is 6. The van der Waals surface area contributed by atoms with Crippen molar-refractivity contribution in [3.63, 3.8) is 0 Å². The zero-order valence-corrected chi connectivity index (χ0v) is 15.0. The second-order valence-corrected chi connectivity index (χ2v) is 6.24. The van der Waals surface area contributed by atoms with E-state index in [9.17, 15) is 5.11 Å². The molecule has 3 rings (SSSR count). The monoisotopic (exact) mass is 344 g/mol. The lowest BCUT2D eigenvalue weighted by molar-refractivity contribution is 0.307. The molecule has 0 aliphatic carbocycles. The smallest absolute Gasteiger partial charge is 0.113 e. The Hall–Kier alpha value is -2.91. The molecule has 0 fully saturated rings. The van der Waals surface area contributed by atoms with Crippen molar-refractivity contribution >= 4 is 11.5 Å². The first kappa shape index (κ1) is 17.9. The predicted octanol–water partition coefficient (Wildman–Crippen LogP) is 4.63. The third kappa shape index (κ3) is 4.58. The number of nitrogens with one attached hydrogen (secondary N) is 1. The summed E-state index contributed by atoms with van der Waals surface area (Å²) in [4.78, 5) is 4.67. The minimum Gasteiger partial charge on any atom is -0.394 e. The van der Waals surface area contributed by atoms with E-state index < -0.39 is 0 Å². The van der Waals surface area contributed by atoms with Crippen LogP contribution in [0.5, 0.6) is 0 Å². The van der Waals surface area contributed by atoms with Crippen LogP contribution in [0.3, 0.4) is 0 Å². The summed E-state index contributed by atoms with van der Waals surface area (Å²) in [6.45, 7) is 2.46. The molecule has 2 N–H and O–H groups in total. The van der Waals surface area contributed by atoms with Crippen LogP contribution in [0, 0.1) is 6.92 Å². The van der Waals surface area contributed by atoms with Gasteiger partial charge in [-0.05, 0) is 30.2 Å². The molecule has 0 amide bonds. The average Bonchev–Trinajstić information content (AvgIpc) is 2.69. The van der Waals surface area contributed by atoms with E-state index in [0.29, 0.717) is 6.54 Å². The fraction of sp³-hybridized carbons (Fsp3) is 0.174. The summed E-state index contributed by atoms with van der Waals surface area (Å²) in [5, 5.41) is 12.8. The van der Waals surface area contributed by atoms with Gasteiger partial charge in [0.1, 0.15) is 5.84 Å². The number of nitrogens with zero attached hydrogens (tertiary/aromatic N) is 1. The van der Waals surface area contributed by atoms with Gasteiger partial charge in [0, 0.05) is 5.69 Å². The van der Waals surface area contributed by atoms with Gasteiger partial charge in [-0.2, -0.15) is 0 Å². The molecule has 0 bridgehead atoms. The number of aliphatic hydroxyl groups is 1. The molecule has 0 aromatic heterocycles. The van der Waals surface area contributed by atoms with Crippen molar-refractivity contribution in [3.05, 3.63) is 102 Å². The molecular weight excluding hydrogens is 320 g/mol. The number of benzene rings is 3. The highest BCUT2D eigenvalue weighted by Gasteiger charge is 2.20. The van der Waals surface area contributed by atoms with Gasteiger partial charge in [0.2, 0.25) is 0 Å². The highest BCUT2D eigenvalue weighted by atomic mass is 16.3. The second-order valence-electron chi connectivity index (χ2n) is 6.24. The van der Waals surface area contributed by atoms with E-state index >= 15 is 0 Å². The quantitative estimate of drug-likeness (QED) is 0.506. The zero-order chi connectivity index (χ0) is 18.2. The fourth-order valence-electron chi connectivity index (χ4n) is 2.96. The first-order valence-electron chi connectivity index (χ1n) is 8.86. The lowest BCUT2D eigenvalue weighted by Crippen LogP contribution is -2.23. The molecule has 0 unspecified atom stereocenters. The van der Waals surface area contributed by atoms with Gasteiger partial charge in [0.05, 0.1) is 19.1 Å². The Balaban J connectivity index is 2.02. The van der Waals surface area contributed by atoms with Gasteiger partial charge in [-0.25, -0.2) is 0 Å². The first-order valence-corrected chi connectivity index (χ1v) is 8.86. The second kappa shape index (κ2) is 8.97. The van der Waals surface area contributed by atoms with Crippen LogP contribution in [0.25, 0.3) is 0 Å². The first-order chi connectivity index (χ1) is 12.8. The van der Waals surface area contributed by atoms with E-state index in [1.54, 1.807) is 0 Å². The fourth-order valence-corrected chi connectivity index (χ4v) is 2.96. The van der Waals surface area contributed by atoms with Crippen LogP contribution in [0.4, 0.5) is 5.69 Å². The van der Waals surface area contributed by atoms with E-state index in [2.05, 4.69) is 65.8 Å². The summed E-state index contributed by atoms with van der Waals surface area (Å²) >= 11 is 0. The Labute approximate surface area is 155 Å². The van der Waals surface area contributed by atoms with Gasteiger partial charge < -0.3 is 10.4 Å². The van der Waals surface area contributed by atoms with Crippen LogP contribution in [0.15, 0.2) is 89.9 Å². The van der Waals surface area contributed by atoms with Gasteiger partial charge in [-0.3, -0.25) is 4.99 Å². The maximum atomic E-state index is 9.31. The highest BCUT2D eigenvalue weighted by molar-refractivity contribution is 6.02. The molecule has 0 saturated heterocycles. The molecule has 0 aliphatic heterocycles. The van der Waals surface area contributed by atoms with Crippen molar-refractivity contribution in [2.75, 3.05) is 18.5 Å². The number of hydrogen-bond donors (Lipinski definition) is 2. The zero-order valence-electron chi connectivity index (χ0n) is 15.0. The summed E-state index contributed by atoms with van der Waals surface area (Å²) < 4.78 is 0. The normalized spacial score (nSPS) is 11.6. The molecule has 0 saturated carbocycles. The molecule has 26 heavy (non-hydrogen) atoms. The molecule has 3 nitrogen and oxygen atoms in total. The number of aliphatic hydroxyl groups excluding tert-OH is 1. The van der Waals surface area contributed by atoms with E-state index in [4.69, 9.17) is 0 Å². The Morgan fingerprint density at radius 1 is 0.846 bits per heavy atom. The minimum atomic E-state index is -0.0229. The standard InChI is InChI=1S/C23H24N2O/c1-18-12-14-21(15-13-18)25-23(24-16-17-26)22(19-8-4-2-5-9-19)20-10-6-3-7-11-20/h2-15,22,26H,16-17H2,1H3,(H,24,25). The Morgan fingerprint density at radius 2 is 1.38 bits per heavy atom. The van der Waals surface area contributed by atoms with Gasteiger partial charge in [0.25, 0.3) is 0 Å². The summed E-state index contributed by atoms with van der Waals surface area (Å²) in [5.74, 6) is 0.811. The molecule has 3 aromatic carbocycles. The van der Waals surface area contributed by atoms with Crippen LogP contribution in [0.2, 0.25) is 0 Å². The van der Waals surface area contributed by atoms with Crippen molar-refractivity contribution in [1.82, 2.24) is 0 Å². The van der Waals surface area contributed by atoms with E-state index in [1.807, 2.05) is 36.4 Å². The molecule has 0 aliphatic rings. The lowest BCUT2D eigenvalue weighted by Gasteiger charge is -2.22. The molecule has 132 valence electrons. The maximum Gasteiger partial charge on any atom is 0.113 e. The molecule has 0 heterocycles. The topological polar surface area (TPSA) is 44.6 Å². The number of aliphatic imine (C=N–C) groups is 1. The van der Waals surface area contributed by atoms with Crippen molar-refractivity contribution in [2.24, 2.45) is 4.99 Å². The van der Waals surface area contributed by atoms with E-state index in [1.165, 1.54) is 5.56 Å². The van der Waals surface area contributed by atoms with Crippen LogP contribution in [-0.2, 0) is 0 Å². The number of anilines is 1. The molecule has 3 aromatic rings. The van der Waals surface area contributed by atoms with Gasteiger partial charge >= 0.3 is 0 Å². The summed E-state index contributed by atoms with van der Waals surface area (Å²) in [7, 11) is 0. The third-order valence-corrected chi connectivity index (χ3v) is 4.25. The Morgan fingerprint density at radius 3 is 1.88 bits per heavy atom. The number of amidine groups is 1. The summed E-state index contributed by atoms with van der Waals surface area (Å²) in [6, 6.07) is 28.9. The highest BCUT2D eigenvalue weighted by Crippen LogP contribution is 2.27. The number of hydrogen-bond acceptors (Lipinski definition) is 2. The van der Waals surface area contributed by atoms with Crippen molar-refractivity contribution in [2.45, 2.75) is 12.8 Å². The van der Waals surface area contributed by atoms with E-state index in [0.717, 1.165) is 22.6 Å². The average molecular weight is 344 g/mol. The van der Waals surface area contributed by atoms with Crippen LogP contribution in [0.1, 0.15) is 22.6 Å². The largest absolute Gasteiger partial charge is 0.394 e. The SMILES string of the molecule is Cc1ccc(NC(=NCCO)C(c2ccccc2)c2ccccc2)cc1. The Bertz CT molecular complexity index is 788. The summed E-state index contributed by atoms with van der Waals surface area (Å²) in [6.07, 6.45) is 0. The molecule has 3 heteroatoms. The van der Waals surface area contributed by atoms with E-state index in [-0.39, 0.29) is 12.5 Å². The predicted molar refractivity (Wildman–Crippen MR) is 109 cm³/mol. The van der Waals surface area contributed by atoms with Crippen LogP contribution in [-0.4, -0.2) is 24.1 Å². The molecule has 0 radical (unpaired) electrons. The lowest BCUT2D eigenvalue weighted by atomic mass is 9.90. The van der Waals surface area contributed by atoms with Gasteiger partial charge in [0.15, 0.2) is 0 Å².